The normalized spacial score (nSPS) is 11.0. The number of benzene rings is 2. The Morgan fingerprint density at radius 3 is 2.58 bits per heavy atom. The van der Waals surface area contributed by atoms with Crippen molar-refractivity contribution in [3.8, 4) is 5.75 Å². The molecule has 0 aliphatic heterocycles. The molecule has 0 aliphatic carbocycles. The summed E-state index contributed by atoms with van der Waals surface area (Å²) < 4.78 is 7.14. The Labute approximate surface area is 161 Å². The summed E-state index contributed by atoms with van der Waals surface area (Å²) >= 11 is 11.8. The lowest BCUT2D eigenvalue weighted by Crippen LogP contribution is -2.02. The third kappa shape index (κ3) is 4.54. The van der Waals surface area contributed by atoms with Crippen LogP contribution in [0.25, 0.3) is 6.08 Å². The molecule has 1 heterocycles. The molecule has 0 spiro atoms. The monoisotopic (exact) mass is 386 g/mol. The van der Waals surface area contributed by atoms with E-state index in [9.17, 15) is 4.79 Å². The van der Waals surface area contributed by atoms with Crippen LogP contribution in [0.15, 0.2) is 60.9 Å². The number of rotatable bonds is 6. The van der Waals surface area contributed by atoms with E-state index in [1.54, 1.807) is 60.6 Å². The van der Waals surface area contributed by atoms with Crippen molar-refractivity contribution in [2.75, 3.05) is 7.11 Å². The second-order valence-electron chi connectivity index (χ2n) is 5.63. The van der Waals surface area contributed by atoms with Gasteiger partial charge in [-0.2, -0.15) is 5.10 Å². The summed E-state index contributed by atoms with van der Waals surface area (Å²) in [5.74, 6) is 0.663. The predicted molar refractivity (Wildman–Crippen MR) is 104 cm³/mol. The summed E-state index contributed by atoms with van der Waals surface area (Å²) in [5, 5.41) is 5.36. The fourth-order valence-corrected chi connectivity index (χ4v) is 2.79. The van der Waals surface area contributed by atoms with Crippen LogP contribution in [-0.2, 0) is 6.54 Å². The summed E-state index contributed by atoms with van der Waals surface area (Å²) in [7, 11) is 1.62. The smallest absolute Gasteiger partial charge is 0.185 e. The van der Waals surface area contributed by atoms with E-state index in [-0.39, 0.29) is 5.78 Å². The molecule has 0 aliphatic rings. The van der Waals surface area contributed by atoms with Gasteiger partial charge in [0.15, 0.2) is 5.78 Å². The molecule has 0 amide bonds. The zero-order valence-corrected chi connectivity index (χ0v) is 15.5. The minimum atomic E-state index is -0.0853. The first-order chi connectivity index (χ1) is 12.5. The lowest BCUT2D eigenvalue weighted by molar-refractivity contribution is 0.104. The van der Waals surface area contributed by atoms with Gasteiger partial charge in [0.1, 0.15) is 5.75 Å². The van der Waals surface area contributed by atoms with Crippen LogP contribution in [-0.4, -0.2) is 22.7 Å². The van der Waals surface area contributed by atoms with Gasteiger partial charge < -0.3 is 4.74 Å². The number of ketones is 1. The van der Waals surface area contributed by atoms with Crippen molar-refractivity contribution in [3.63, 3.8) is 0 Å². The molecule has 0 bridgehead atoms. The average Bonchev–Trinajstić information content (AvgIpc) is 3.05. The summed E-state index contributed by atoms with van der Waals surface area (Å²) in [6.07, 6.45) is 6.64. The molecule has 1 aromatic heterocycles. The molecule has 0 radical (unpaired) electrons. The van der Waals surface area contributed by atoms with Crippen LogP contribution in [0.4, 0.5) is 0 Å². The first-order valence-electron chi connectivity index (χ1n) is 7.88. The highest BCUT2D eigenvalue weighted by molar-refractivity contribution is 6.30. The van der Waals surface area contributed by atoms with Gasteiger partial charge in [-0.15, -0.1) is 0 Å². The first kappa shape index (κ1) is 18.2. The third-order valence-corrected chi connectivity index (χ3v) is 4.24. The van der Waals surface area contributed by atoms with Crippen molar-refractivity contribution >= 4 is 35.1 Å². The lowest BCUT2D eigenvalue weighted by atomic mass is 10.1. The minimum Gasteiger partial charge on any atom is -0.496 e. The number of carbonyl (C=O) groups excluding carboxylic acids is 1. The Bertz CT molecular complexity index is 947. The fraction of sp³-hybridized carbons (Fsp3) is 0.100. The number of hydrogen-bond acceptors (Lipinski definition) is 3. The van der Waals surface area contributed by atoms with E-state index >= 15 is 0 Å². The van der Waals surface area contributed by atoms with Crippen LogP contribution in [0, 0.1) is 0 Å². The highest BCUT2D eigenvalue weighted by Gasteiger charge is 2.07. The van der Waals surface area contributed by atoms with E-state index < -0.39 is 0 Å². The zero-order chi connectivity index (χ0) is 18.5. The average molecular weight is 387 g/mol. The molecule has 4 nitrogen and oxygen atoms in total. The van der Waals surface area contributed by atoms with Crippen molar-refractivity contribution in [1.29, 1.82) is 0 Å². The van der Waals surface area contributed by atoms with Crippen molar-refractivity contribution in [1.82, 2.24) is 9.78 Å². The Kier molecular flexibility index (Phi) is 5.76. The molecule has 0 saturated carbocycles. The summed E-state index contributed by atoms with van der Waals surface area (Å²) in [6.45, 7) is 0.517. The van der Waals surface area contributed by atoms with Gasteiger partial charge in [0.25, 0.3) is 0 Å². The summed E-state index contributed by atoms with van der Waals surface area (Å²) in [4.78, 5) is 12.2. The Morgan fingerprint density at radius 1 is 1.15 bits per heavy atom. The van der Waals surface area contributed by atoms with E-state index in [4.69, 9.17) is 27.9 Å². The molecule has 3 rings (SSSR count). The maximum absolute atomic E-state index is 12.2. The van der Waals surface area contributed by atoms with Crippen LogP contribution in [0.1, 0.15) is 21.5 Å². The minimum absolute atomic E-state index is 0.0853. The standard InChI is InChI=1S/C20H16Cl2N2O2/c1-26-20-9-3-14(10-16(20)12-24-13-18(22)11-23-24)2-8-19(25)15-4-6-17(21)7-5-15/h2-11,13H,12H2,1H3/b8-2+. The zero-order valence-electron chi connectivity index (χ0n) is 14.0. The third-order valence-electron chi connectivity index (χ3n) is 3.79. The van der Waals surface area contributed by atoms with Gasteiger partial charge in [0.2, 0.25) is 0 Å². The Hall–Kier alpha value is -2.56. The Balaban J connectivity index is 1.80. The second-order valence-corrected chi connectivity index (χ2v) is 6.50. The van der Waals surface area contributed by atoms with E-state index in [2.05, 4.69) is 5.10 Å². The van der Waals surface area contributed by atoms with Crippen LogP contribution in [0.3, 0.4) is 0 Å². The van der Waals surface area contributed by atoms with Crippen molar-refractivity contribution in [3.05, 3.63) is 87.7 Å². The fourth-order valence-electron chi connectivity index (χ4n) is 2.51. The molecule has 0 saturated heterocycles. The van der Waals surface area contributed by atoms with Crippen molar-refractivity contribution in [2.24, 2.45) is 0 Å². The maximum atomic E-state index is 12.2. The molecule has 0 unspecified atom stereocenters. The molecular weight excluding hydrogens is 371 g/mol. The van der Waals surface area contributed by atoms with Gasteiger partial charge in [-0.3, -0.25) is 9.48 Å². The van der Waals surface area contributed by atoms with Gasteiger partial charge >= 0.3 is 0 Å². The number of aromatic nitrogens is 2. The van der Waals surface area contributed by atoms with Gasteiger partial charge in [-0.1, -0.05) is 35.3 Å². The van der Waals surface area contributed by atoms with Crippen LogP contribution < -0.4 is 4.74 Å². The number of ether oxygens (including phenoxy) is 1. The van der Waals surface area contributed by atoms with Gasteiger partial charge in [0.05, 0.1) is 24.9 Å². The predicted octanol–water partition coefficient (Wildman–Crippen LogP) is 5.14. The maximum Gasteiger partial charge on any atom is 0.185 e. The number of methoxy groups -OCH3 is 1. The van der Waals surface area contributed by atoms with Gasteiger partial charge in [-0.05, 0) is 48.0 Å². The second kappa shape index (κ2) is 8.21. The van der Waals surface area contributed by atoms with Gasteiger partial charge in [-0.25, -0.2) is 0 Å². The van der Waals surface area contributed by atoms with Crippen LogP contribution in [0.5, 0.6) is 5.75 Å². The molecule has 0 fully saturated rings. The van der Waals surface area contributed by atoms with E-state index in [0.29, 0.717) is 22.2 Å². The van der Waals surface area contributed by atoms with E-state index in [1.807, 2.05) is 18.2 Å². The number of halogens is 2. The van der Waals surface area contributed by atoms with Gasteiger partial charge in [0, 0.05) is 22.3 Å². The van der Waals surface area contributed by atoms with Crippen LogP contribution in [0.2, 0.25) is 10.0 Å². The highest BCUT2D eigenvalue weighted by atomic mass is 35.5. The first-order valence-corrected chi connectivity index (χ1v) is 8.63. The number of hydrogen-bond donors (Lipinski definition) is 0. The highest BCUT2D eigenvalue weighted by Crippen LogP contribution is 2.22. The number of nitrogens with zero attached hydrogens (tertiary/aromatic N) is 2. The molecule has 26 heavy (non-hydrogen) atoms. The number of allylic oxidation sites excluding steroid dienone is 1. The topological polar surface area (TPSA) is 44.1 Å². The largest absolute Gasteiger partial charge is 0.496 e. The molecule has 2 aromatic carbocycles. The lowest BCUT2D eigenvalue weighted by Gasteiger charge is -2.09. The van der Waals surface area contributed by atoms with E-state index in [1.165, 1.54) is 0 Å². The molecule has 6 heteroatoms. The molecule has 3 aromatic rings. The molecular formula is C20H16Cl2N2O2. The quantitative estimate of drug-likeness (QED) is 0.434. The van der Waals surface area contributed by atoms with E-state index in [0.717, 1.165) is 16.9 Å². The van der Waals surface area contributed by atoms with Crippen molar-refractivity contribution < 1.29 is 9.53 Å². The summed E-state index contributed by atoms with van der Waals surface area (Å²) in [5.41, 5.74) is 2.42. The Morgan fingerprint density at radius 2 is 1.92 bits per heavy atom. The molecule has 0 N–H and O–H groups in total. The number of carbonyl (C=O) groups is 1. The SMILES string of the molecule is COc1ccc(/C=C/C(=O)c2ccc(Cl)cc2)cc1Cn1cc(Cl)cn1. The molecule has 132 valence electrons. The van der Waals surface area contributed by atoms with Crippen molar-refractivity contribution in [2.45, 2.75) is 6.54 Å². The van der Waals surface area contributed by atoms with Crippen LogP contribution >= 0.6 is 23.2 Å². The summed E-state index contributed by atoms with van der Waals surface area (Å²) in [6, 6.07) is 12.5. The molecule has 0 atom stereocenters.